The van der Waals surface area contributed by atoms with Gasteiger partial charge in [0.25, 0.3) is 0 Å². The fourth-order valence-electron chi connectivity index (χ4n) is 2.53. The third-order valence-corrected chi connectivity index (χ3v) is 3.55. The zero-order valence-corrected chi connectivity index (χ0v) is 9.09. The molecule has 2 aliphatic rings. The first-order chi connectivity index (χ1) is 7.74. The molecule has 4 heteroatoms. The van der Waals surface area contributed by atoms with Crippen LogP contribution in [0.1, 0.15) is 0 Å². The molecule has 0 bridgehead atoms. The van der Waals surface area contributed by atoms with Gasteiger partial charge in [0.1, 0.15) is 5.75 Å². The summed E-state index contributed by atoms with van der Waals surface area (Å²) in [7, 11) is 1.62. The number of benzene rings is 1. The average molecular weight is 218 g/mol. The van der Waals surface area contributed by atoms with Crippen molar-refractivity contribution >= 4 is 11.6 Å². The Hall–Kier alpha value is -1.55. The molecule has 16 heavy (non-hydrogen) atoms. The Morgan fingerprint density at radius 2 is 2.19 bits per heavy atom. The molecule has 0 aromatic heterocycles. The Bertz CT molecular complexity index is 446. The average Bonchev–Trinajstić information content (AvgIpc) is 2.80. The van der Waals surface area contributed by atoms with Crippen molar-refractivity contribution in [2.24, 2.45) is 17.6 Å². The SMILES string of the molecule is COc1ccccc1N1CC2C(N)C2C1=O. The van der Waals surface area contributed by atoms with E-state index in [2.05, 4.69) is 0 Å². The maximum Gasteiger partial charge on any atom is 0.232 e. The van der Waals surface area contributed by atoms with E-state index in [1.165, 1.54) is 0 Å². The molecule has 1 heterocycles. The van der Waals surface area contributed by atoms with Gasteiger partial charge in [0.05, 0.1) is 18.7 Å². The van der Waals surface area contributed by atoms with E-state index in [1.54, 1.807) is 12.0 Å². The number of carbonyl (C=O) groups is 1. The lowest BCUT2D eigenvalue weighted by Gasteiger charge is -2.21. The summed E-state index contributed by atoms with van der Waals surface area (Å²) in [5, 5.41) is 0. The Labute approximate surface area is 94.0 Å². The number of para-hydroxylation sites is 2. The van der Waals surface area contributed by atoms with Gasteiger partial charge in [0, 0.05) is 18.5 Å². The summed E-state index contributed by atoms with van der Waals surface area (Å²) in [4.78, 5) is 13.8. The first-order valence-electron chi connectivity index (χ1n) is 5.44. The standard InChI is InChI=1S/C12H14N2O2/c1-16-9-5-3-2-4-8(9)14-6-7-10(11(7)13)12(14)15/h2-5,7,10-11H,6,13H2,1H3. The van der Waals surface area contributed by atoms with E-state index in [-0.39, 0.29) is 17.9 Å². The van der Waals surface area contributed by atoms with Crippen LogP contribution in [-0.4, -0.2) is 25.6 Å². The van der Waals surface area contributed by atoms with E-state index >= 15 is 0 Å². The summed E-state index contributed by atoms with van der Waals surface area (Å²) >= 11 is 0. The minimum absolute atomic E-state index is 0.0462. The predicted molar refractivity (Wildman–Crippen MR) is 60.3 cm³/mol. The highest BCUT2D eigenvalue weighted by Gasteiger charge is 2.60. The molecular formula is C12H14N2O2. The Kier molecular flexibility index (Phi) is 1.94. The van der Waals surface area contributed by atoms with Crippen LogP contribution in [0.5, 0.6) is 5.75 Å². The lowest BCUT2D eigenvalue weighted by atomic mass is 10.2. The summed E-state index contributed by atoms with van der Waals surface area (Å²) in [6.45, 7) is 0.727. The van der Waals surface area contributed by atoms with Crippen molar-refractivity contribution in [2.45, 2.75) is 6.04 Å². The molecular weight excluding hydrogens is 204 g/mol. The van der Waals surface area contributed by atoms with Crippen LogP contribution in [0.2, 0.25) is 0 Å². The zero-order valence-electron chi connectivity index (χ0n) is 9.09. The van der Waals surface area contributed by atoms with Crippen molar-refractivity contribution in [2.75, 3.05) is 18.6 Å². The van der Waals surface area contributed by atoms with Crippen molar-refractivity contribution in [3.05, 3.63) is 24.3 Å². The number of amides is 1. The van der Waals surface area contributed by atoms with E-state index in [1.807, 2.05) is 24.3 Å². The van der Waals surface area contributed by atoms with Crippen LogP contribution < -0.4 is 15.4 Å². The van der Waals surface area contributed by atoms with Gasteiger partial charge in [-0.05, 0) is 12.1 Å². The zero-order chi connectivity index (χ0) is 11.3. The highest BCUT2D eigenvalue weighted by atomic mass is 16.5. The van der Waals surface area contributed by atoms with Gasteiger partial charge < -0.3 is 15.4 Å². The van der Waals surface area contributed by atoms with Crippen LogP contribution in [0.25, 0.3) is 0 Å². The third kappa shape index (κ3) is 1.16. The summed E-state index contributed by atoms with van der Waals surface area (Å²) < 4.78 is 5.26. The molecule has 1 saturated heterocycles. The van der Waals surface area contributed by atoms with Crippen molar-refractivity contribution < 1.29 is 9.53 Å². The molecule has 84 valence electrons. The highest BCUT2D eigenvalue weighted by Crippen LogP contribution is 2.47. The molecule has 4 nitrogen and oxygen atoms in total. The Morgan fingerprint density at radius 3 is 2.81 bits per heavy atom. The third-order valence-electron chi connectivity index (χ3n) is 3.55. The monoisotopic (exact) mass is 218 g/mol. The number of carbonyl (C=O) groups excluding carboxylic acids is 1. The lowest BCUT2D eigenvalue weighted by Crippen LogP contribution is -2.33. The van der Waals surface area contributed by atoms with Crippen molar-refractivity contribution in [3.63, 3.8) is 0 Å². The molecule has 1 aliphatic carbocycles. The predicted octanol–water partition coefficient (Wildman–Crippen LogP) is 0.615. The van der Waals surface area contributed by atoms with E-state index in [0.717, 1.165) is 18.0 Å². The Morgan fingerprint density at radius 1 is 1.44 bits per heavy atom. The molecule has 3 rings (SSSR count). The molecule has 0 radical (unpaired) electrons. The molecule has 2 fully saturated rings. The molecule has 1 saturated carbocycles. The number of hydrogen-bond donors (Lipinski definition) is 1. The molecule has 1 aliphatic heterocycles. The maximum absolute atomic E-state index is 12.0. The van der Waals surface area contributed by atoms with E-state index < -0.39 is 0 Å². The minimum Gasteiger partial charge on any atom is -0.495 e. The number of ether oxygens (including phenoxy) is 1. The van der Waals surface area contributed by atoms with Gasteiger partial charge in [-0.15, -0.1) is 0 Å². The van der Waals surface area contributed by atoms with Crippen molar-refractivity contribution in [1.82, 2.24) is 0 Å². The normalized spacial score (nSPS) is 31.5. The van der Waals surface area contributed by atoms with Crippen molar-refractivity contribution in [3.8, 4) is 5.75 Å². The maximum atomic E-state index is 12.0. The highest BCUT2D eigenvalue weighted by molar-refractivity contribution is 6.02. The van der Waals surface area contributed by atoms with Gasteiger partial charge in [-0.25, -0.2) is 0 Å². The fraction of sp³-hybridized carbons (Fsp3) is 0.417. The molecule has 1 aromatic carbocycles. The largest absolute Gasteiger partial charge is 0.495 e. The number of nitrogens with zero attached hydrogens (tertiary/aromatic N) is 1. The molecule has 1 amide bonds. The number of methoxy groups -OCH3 is 1. The molecule has 3 atom stereocenters. The van der Waals surface area contributed by atoms with Gasteiger partial charge in [0.15, 0.2) is 0 Å². The second-order valence-electron chi connectivity index (χ2n) is 4.39. The van der Waals surface area contributed by atoms with Crippen LogP contribution in [-0.2, 0) is 4.79 Å². The lowest BCUT2D eigenvalue weighted by molar-refractivity contribution is -0.118. The second-order valence-corrected chi connectivity index (χ2v) is 4.39. The second kappa shape index (κ2) is 3.22. The van der Waals surface area contributed by atoms with Crippen LogP contribution in [0.3, 0.4) is 0 Å². The van der Waals surface area contributed by atoms with Crippen LogP contribution in [0.4, 0.5) is 5.69 Å². The molecule has 0 spiro atoms. The number of nitrogens with two attached hydrogens (primary N) is 1. The van der Waals surface area contributed by atoms with Crippen molar-refractivity contribution in [1.29, 1.82) is 0 Å². The fourth-order valence-corrected chi connectivity index (χ4v) is 2.53. The number of hydrogen-bond acceptors (Lipinski definition) is 3. The first-order valence-corrected chi connectivity index (χ1v) is 5.44. The van der Waals surface area contributed by atoms with Gasteiger partial charge in [0.2, 0.25) is 5.91 Å². The summed E-state index contributed by atoms with van der Waals surface area (Å²) in [6, 6.07) is 7.67. The summed E-state index contributed by atoms with van der Waals surface area (Å²) in [5.74, 6) is 1.27. The van der Waals surface area contributed by atoms with E-state index in [9.17, 15) is 4.79 Å². The molecule has 2 N–H and O–H groups in total. The van der Waals surface area contributed by atoms with Gasteiger partial charge in [-0.3, -0.25) is 4.79 Å². The van der Waals surface area contributed by atoms with E-state index in [0.29, 0.717) is 5.92 Å². The minimum atomic E-state index is 0.0462. The van der Waals surface area contributed by atoms with Gasteiger partial charge in [-0.1, -0.05) is 12.1 Å². The van der Waals surface area contributed by atoms with Gasteiger partial charge >= 0.3 is 0 Å². The molecule has 3 unspecified atom stereocenters. The van der Waals surface area contributed by atoms with Crippen LogP contribution in [0, 0.1) is 11.8 Å². The number of rotatable bonds is 2. The first kappa shape index (κ1) is 9.66. The smallest absolute Gasteiger partial charge is 0.232 e. The number of fused-ring (bicyclic) bond motifs is 1. The van der Waals surface area contributed by atoms with Crippen LogP contribution >= 0.6 is 0 Å². The summed E-state index contributed by atoms with van der Waals surface area (Å²) in [5.41, 5.74) is 6.65. The Balaban J connectivity index is 1.92. The molecule has 1 aromatic rings. The quantitative estimate of drug-likeness (QED) is 0.791. The number of piperidine rings is 1. The number of anilines is 1. The topological polar surface area (TPSA) is 55.6 Å². The van der Waals surface area contributed by atoms with E-state index in [4.69, 9.17) is 10.5 Å². The summed E-state index contributed by atoms with van der Waals surface area (Å²) in [6.07, 6.45) is 0. The van der Waals surface area contributed by atoms with Crippen LogP contribution in [0.15, 0.2) is 24.3 Å². The van der Waals surface area contributed by atoms with Gasteiger partial charge in [-0.2, -0.15) is 0 Å².